The van der Waals surface area contributed by atoms with Crippen molar-refractivity contribution in [3.8, 4) is 0 Å². The van der Waals surface area contributed by atoms with Gasteiger partial charge in [0.25, 0.3) is 0 Å². The number of aryl methyl sites for hydroxylation is 1. The van der Waals surface area contributed by atoms with Gasteiger partial charge in [0, 0.05) is 18.8 Å². The van der Waals surface area contributed by atoms with Crippen molar-refractivity contribution in [2.75, 3.05) is 0 Å². The molecule has 2 aromatic heterocycles. The van der Waals surface area contributed by atoms with E-state index in [4.69, 9.17) is 0 Å². The van der Waals surface area contributed by atoms with Crippen LogP contribution in [0.15, 0.2) is 17.0 Å². The minimum absolute atomic E-state index is 0.741. The van der Waals surface area contributed by atoms with Crippen LogP contribution in [0.3, 0.4) is 0 Å². The fourth-order valence-electron chi connectivity index (χ4n) is 1.24. The molecule has 4 nitrogen and oxygen atoms in total. The third kappa shape index (κ3) is 1.44. The van der Waals surface area contributed by atoms with Crippen LogP contribution >= 0.6 is 15.9 Å². The highest BCUT2D eigenvalue weighted by Crippen LogP contribution is 2.13. The van der Waals surface area contributed by atoms with Crippen molar-refractivity contribution < 1.29 is 0 Å². The van der Waals surface area contributed by atoms with Gasteiger partial charge in [-0.2, -0.15) is 0 Å². The van der Waals surface area contributed by atoms with E-state index in [0.717, 1.165) is 28.9 Å². The summed E-state index contributed by atoms with van der Waals surface area (Å²) in [5.74, 6) is 0.987. The second-order valence-corrected chi connectivity index (χ2v) is 3.53. The standard InChI is InChI=1S/C8H9BrN4/c1-2-3-6-11-12-8-7(9)10-4-5-13(6)8/h4-5H,2-3H2,1H3. The maximum absolute atomic E-state index is 4.09. The normalized spacial score (nSPS) is 10.9. The first-order chi connectivity index (χ1) is 6.33. The van der Waals surface area contributed by atoms with Gasteiger partial charge in [-0.1, -0.05) is 6.92 Å². The zero-order valence-corrected chi connectivity index (χ0v) is 8.82. The van der Waals surface area contributed by atoms with E-state index < -0.39 is 0 Å². The number of halogens is 1. The van der Waals surface area contributed by atoms with Crippen LogP contribution in [0.4, 0.5) is 0 Å². The molecule has 2 heterocycles. The molecule has 0 unspecified atom stereocenters. The largest absolute Gasteiger partial charge is 0.283 e. The van der Waals surface area contributed by atoms with Crippen molar-refractivity contribution >= 4 is 21.6 Å². The molecule has 0 fully saturated rings. The van der Waals surface area contributed by atoms with E-state index in [2.05, 4.69) is 38.0 Å². The Morgan fingerprint density at radius 1 is 1.46 bits per heavy atom. The van der Waals surface area contributed by atoms with Gasteiger partial charge in [-0.05, 0) is 22.4 Å². The van der Waals surface area contributed by atoms with Gasteiger partial charge in [0.15, 0.2) is 10.3 Å². The quantitative estimate of drug-likeness (QED) is 0.805. The van der Waals surface area contributed by atoms with E-state index in [1.54, 1.807) is 6.20 Å². The van der Waals surface area contributed by atoms with Gasteiger partial charge in [0.05, 0.1) is 0 Å². The summed E-state index contributed by atoms with van der Waals surface area (Å²) in [6.45, 7) is 2.12. The number of rotatable bonds is 2. The molecule has 0 saturated carbocycles. The Kier molecular flexibility index (Phi) is 2.26. The van der Waals surface area contributed by atoms with E-state index in [1.807, 2.05) is 10.6 Å². The molecule has 5 heteroatoms. The van der Waals surface area contributed by atoms with Gasteiger partial charge in [-0.25, -0.2) is 4.98 Å². The molecule has 0 radical (unpaired) electrons. The molecule has 0 aromatic carbocycles. The third-order valence-corrected chi connectivity index (χ3v) is 2.39. The first-order valence-corrected chi connectivity index (χ1v) is 4.96. The monoisotopic (exact) mass is 240 g/mol. The zero-order chi connectivity index (χ0) is 9.26. The second-order valence-electron chi connectivity index (χ2n) is 2.78. The molecule has 2 aromatic rings. The summed E-state index contributed by atoms with van der Waals surface area (Å²) in [6.07, 6.45) is 5.63. The number of nitrogens with zero attached hydrogens (tertiary/aromatic N) is 4. The minimum Gasteiger partial charge on any atom is -0.283 e. The molecule has 0 amide bonds. The van der Waals surface area contributed by atoms with Crippen LogP contribution in [0.5, 0.6) is 0 Å². The molecule has 13 heavy (non-hydrogen) atoms. The molecule has 68 valence electrons. The van der Waals surface area contributed by atoms with Crippen molar-refractivity contribution in [2.45, 2.75) is 19.8 Å². The summed E-state index contributed by atoms with van der Waals surface area (Å²) in [5.41, 5.74) is 0.783. The molecule has 0 aliphatic heterocycles. The van der Waals surface area contributed by atoms with Crippen molar-refractivity contribution in [1.29, 1.82) is 0 Å². The maximum atomic E-state index is 4.09. The Hall–Kier alpha value is -0.970. The Balaban J connectivity index is 2.61. The van der Waals surface area contributed by atoms with Gasteiger partial charge >= 0.3 is 0 Å². The fourth-order valence-corrected chi connectivity index (χ4v) is 1.63. The molecular weight excluding hydrogens is 232 g/mol. The van der Waals surface area contributed by atoms with Crippen LogP contribution in [0.2, 0.25) is 0 Å². The number of fused-ring (bicyclic) bond motifs is 1. The Morgan fingerprint density at radius 2 is 2.31 bits per heavy atom. The molecule has 0 spiro atoms. The lowest BCUT2D eigenvalue weighted by molar-refractivity contribution is 0.816. The lowest BCUT2D eigenvalue weighted by Crippen LogP contribution is -1.94. The molecule has 2 rings (SSSR count). The molecule has 0 aliphatic rings. The van der Waals surface area contributed by atoms with E-state index in [9.17, 15) is 0 Å². The predicted octanol–water partition coefficient (Wildman–Crippen LogP) is 1.84. The van der Waals surface area contributed by atoms with E-state index in [1.165, 1.54) is 0 Å². The average molecular weight is 241 g/mol. The summed E-state index contributed by atoms with van der Waals surface area (Å²) in [7, 11) is 0. The van der Waals surface area contributed by atoms with Gasteiger partial charge in [-0.15, -0.1) is 10.2 Å². The predicted molar refractivity (Wildman–Crippen MR) is 52.5 cm³/mol. The van der Waals surface area contributed by atoms with E-state index in [-0.39, 0.29) is 0 Å². The molecule has 0 bridgehead atoms. The van der Waals surface area contributed by atoms with E-state index in [0.29, 0.717) is 0 Å². The molecular formula is C8H9BrN4. The van der Waals surface area contributed by atoms with Gasteiger partial charge < -0.3 is 0 Å². The highest BCUT2D eigenvalue weighted by atomic mass is 79.9. The molecule has 0 aliphatic carbocycles. The number of aromatic nitrogens is 4. The second kappa shape index (κ2) is 3.41. The first-order valence-electron chi connectivity index (χ1n) is 4.17. The van der Waals surface area contributed by atoms with Gasteiger partial charge in [0.1, 0.15) is 5.82 Å². The van der Waals surface area contributed by atoms with Crippen LogP contribution in [0.25, 0.3) is 5.65 Å². The van der Waals surface area contributed by atoms with Crippen LogP contribution < -0.4 is 0 Å². The SMILES string of the molecule is CCCc1nnc2c(Br)nccn12. The summed E-state index contributed by atoms with van der Waals surface area (Å²) < 4.78 is 2.70. The smallest absolute Gasteiger partial charge is 0.193 e. The first kappa shape index (κ1) is 8.62. The average Bonchev–Trinajstić information content (AvgIpc) is 2.51. The Labute approximate surface area is 84.1 Å². The summed E-state index contributed by atoms with van der Waals surface area (Å²) >= 11 is 3.33. The van der Waals surface area contributed by atoms with Gasteiger partial charge in [0.2, 0.25) is 0 Å². The zero-order valence-electron chi connectivity index (χ0n) is 7.24. The number of hydrogen-bond donors (Lipinski definition) is 0. The fraction of sp³-hybridized carbons (Fsp3) is 0.375. The molecule has 0 atom stereocenters. The van der Waals surface area contributed by atoms with Crippen molar-refractivity contribution in [3.63, 3.8) is 0 Å². The van der Waals surface area contributed by atoms with Crippen molar-refractivity contribution in [2.24, 2.45) is 0 Å². The van der Waals surface area contributed by atoms with Gasteiger partial charge in [-0.3, -0.25) is 4.40 Å². The highest BCUT2D eigenvalue weighted by molar-refractivity contribution is 9.10. The number of hydrogen-bond acceptors (Lipinski definition) is 3. The Bertz CT molecular complexity index is 423. The van der Waals surface area contributed by atoms with E-state index >= 15 is 0 Å². The minimum atomic E-state index is 0.741. The lowest BCUT2D eigenvalue weighted by Gasteiger charge is -1.96. The van der Waals surface area contributed by atoms with Crippen LogP contribution in [-0.2, 0) is 6.42 Å². The lowest BCUT2D eigenvalue weighted by atomic mass is 10.3. The summed E-state index contributed by atoms with van der Waals surface area (Å²) in [5, 5.41) is 8.13. The van der Waals surface area contributed by atoms with Crippen LogP contribution in [0, 0.1) is 0 Å². The molecule has 0 N–H and O–H groups in total. The van der Waals surface area contributed by atoms with Crippen molar-refractivity contribution in [1.82, 2.24) is 19.6 Å². The molecule has 0 saturated heterocycles. The van der Waals surface area contributed by atoms with Crippen LogP contribution in [-0.4, -0.2) is 19.6 Å². The summed E-state index contributed by atoms with van der Waals surface area (Å²) in [4.78, 5) is 4.07. The van der Waals surface area contributed by atoms with Crippen molar-refractivity contribution in [3.05, 3.63) is 22.8 Å². The van der Waals surface area contributed by atoms with Crippen LogP contribution in [0.1, 0.15) is 19.2 Å². The highest BCUT2D eigenvalue weighted by Gasteiger charge is 2.06. The maximum Gasteiger partial charge on any atom is 0.193 e. The Morgan fingerprint density at radius 3 is 3.08 bits per heavy atom. The topological polar surface area (TPSA) is 43.1 Å². The third-order valence-electron chi connectivity index (χ3n) is 1.83. The summed E-state index contributed by atoms with van der Waals surface area (Å²) in [6, 6.07) is 0.